The zero-order valence-electron chi connectivity index (χ0n) is 9.91. The molecule has 4 nitrogen and oxygen atoms in total. The largest absolute Gasteiger partial charge is 0.465 e. The van der Waals surface area contributed by atoms with E-state index in [0.717, 1.165) is 0 Å². The Balaban J connectivity index is 3.83. The second-order valence-electron chi connectivity index (χ2n) is 3.56. The molecule has 0 radical (unpaired) electrons. The smallest absolute Gasteiger partial charge is 0.305 e. The number of ether oxygens (including phenoxy) is 2. The molecule has 0 rings (SSSR count). The average molecular weight is 216 g/mol. The van der Waals surface area contributed by atoms with Crippen molar-refractivity contribution in [2.45, 2.75) is 46.6 Å². The summed E-state index contributed by atoms with van der Waals surface area (Å²) in [5.74, 6) is -0.428. The highest BCUT2D eigenvalue weighted by Gasteiger charge is 2.17. The van der Waals surface area contributed by atoms with Crippen molar-refractivity contribution in [1.29, 1.82) is 0 Å². The Morgan fingerprint density at radius 3 is 2.07 bits per heavy atom. The van der Waals surface area contributed by atoms with Crippen LogP contribution in [-0.2, 0) is 19.1 Å². The molecule has 15 heavy (non-hydrogen) atoms. The van der Waals surface area contributed by atoms with Crippen LogP contribution in [0.25, 0.3) is 0 Å². The van der Waals surface area contributed by atoms with E-state index in [1.807, 2.05) is 6.92 Å². The number of carbonyl (C=O) groups is 2. The van der Waals surface area contributed by atoms with Crippen LogP contribution in [0.1, 0.15) is 40.5 Å². The van der Waals surface area contributed by atoms with Crippen LogP contribution < -0.4 is 0 Å². The Morgan fingerprint density at radius 1 is 1.07 bits per heavy atom. The summed E-state index contributed by atoms with van der Waals surface area (Å²) in [4.78, 5) is 21.9. The Morgan fingerprint density at radius 2 is 1.60 bits per heavy atom. The van der Waals surface area contributed by atoms with Gasteiger partial charge in [0.25, 0.3) is 0 Å². The lowest BCUT2D eigenvalue weighted by molar-refractivity contribution is -0.153. The second-order valence-corrected chi connectivity index (χ2v) is 3.56. The number of hydrogen-bond donors (Lipinski definition) is 0. The molecule has 0 N–H and O–H groups in total. The van der Waals surface area contributed by atoms with Gasteiger partial charge >= 0.3 is 11.9 Å². The molecule has 0 saturated carbocycles. The van der Waals surface area contributed by atoms with E-state index in [9.17, 15) is 9.59 Å². The topological polar surface area (TPSA) is 52.6 Å². The van der Waals surface area contributed by atoms with E-state index in [1.54, 1.807) is 20.8 Å². The molecule has 0 amide bonds. The molecule has 0 aliphatic heterocycles. The molecule has 0 fully saturated rings. The summed E-state index contributed by atoms with van der Waals surface area (Å²) in [5, 5.41) is 0. The molecule has 0 bridgehead atoms. The Kier molecular flexibility index (Phi) is 6.75. The molecule has 0 spiro atoms. The van der Waals surface area contributed by atoms with Crippen molar-refractivity contribution < 1.29 is 19.1 Å². The van der Waals surface area contributed by atoms with Crippen LogP contribution >= 0.6 is 0 Å². The maximum Gasteiger partial charge on any atom is 0.305 e. The molecular weight excluding hydrogens is 196 g/mol. The summed E-state index contributed by atoms with van der Waals surface area (Å²) in [5.41, 5.74) is 0. The zero-order chi connectivity index (χ0) is 11.8. The fraction of sp³-hybridized carbons (Fsp3) is 0.818. The minimum atomic E-state index is -0.226. The lowest BCUT2D eigenvalue weighted by Crippen LogP contribution is -2.26. The first-order valence-electron chi connectivity index (χ1n) is 5.36. The molecule has 0 aromatic heterocycles. The number of carbonyl (C=O) groups excluding carboxylic acids is 2. The Labute approximate surface area is 90.9 Å². The minimum absolute atomic E-state index is 0.0241. The van der Waals surface area contributed by atoms with Crippen molar-refractivity contribution in [2.24, 2.45) is 5.92 Å². The molecule has 2 atom stereocenters. The third kappa shape index (κ3) is 6.10. The molecule has 88 valence electrons. The van der Waals surface area contributed by atoms with Crippen LogP contribution in [0.5, 0.6) is 0 Å². The summed E-state index contributed by atoms with van der Waals surface area (Å²) >= 11 is 0. The summed E-state index contributed by atoms with van der Waals surface area (Å²) in [6.45, 7) is 7.48. The first-order chi connectivity index (χ1) is 7.01. The van der Waals surface area contributed by atoms with Gasteiger partial charge in [-0.1, -0.05) is 20.8 Å². The molecule has 4 heteroatoms. The highest BCUT2D eigenvalue weighted by Crippen LogP contribution is 2.09. The average Bonchev–Trinajstić information content (AvgIpc) is 2.24. The molecule has 0 aromatic carbocycles. The van der Waals surface area contributed by atoms with E-state index >= 15 is 0 Å². The predicted octanol–water partition coefficient (Wildman–Crippen LogP) is 1.92. The maximum absolute atomic E-state index is 11.0. The highest BCUT2D eigenvalue weighted by molar-refractivity contribution is 5.69. The van der Waals surface area contributed by atoms with Gasteiger partial charge in [-0.15, -0.1) is 0 Å². The van der Waals surface area contributed by atoms with Crippen LogP contribution in [0.15, 0.2) is 0 Å². The maximum atomic E-state index is 11.0. The van der Waals surface area contributed by atoms with Gasteiger partial charge in [-0.2, -0.15) is 0 Å². The Hall–Kier alpha value is -1.06. The van der Waals surface area contributed by atoms with Gasteiger partial charge in [-0.25, -0.2) is 0 Å². The van der Waals surface area contributed by atoms with Crippen molar-refractivity contribution >= 4 is 11.9 Å². The predicted molar refractivity (Wildman–Crippen MR) is 56.3 cm³/mol. The van der Waals surface area contributed by atoms with Crippen LogP contribution in [0, 0.1) is 5.92 Å². The van der Waals surface area contributed by atoms with E-state index < -0.39 is 0 Å². The molecule has 0 heterocycles. The third-order valence-corrected chi connectivity index (χ3v) is 2.20. The van der Waals surface area contributed by atoms with Gasteiger partial charge in [0, 0.05) is 18.8 Å². The summed E-state index contributed by atoms with van der Waals surface area (Å²) in [6.07, 6.45) is 0.517. The van der Waals surface area contributed by atoms with E-state index in [4.69, 9.17) is 9.47 Å². The molecule has 0 aliphatic carbocycles. The van der Waals surface area contributed by atoms with Crippen LogP contribution in [-0.4, -0.2) is 24.6 Å². The van der Waals surface area contributed by atoms with Crippen molar-refractivity contribution in [3.05, 3.63) is 0 Å². The quantitative estimate of drug-likeness (QED) is 0.636. The molecular formula is C11H20O4. The van der Waals surface area contributed by atoms with Gasteiger partial charge in [0.15, 0.2) is 0 Å². The number of hydrogen-bond acceptors (Lipinski definition) is 4. The second kappa shape index (κ2) is 7.26. The lowest BCUT2D eigenvalue weighted by Gasteiger charge is -2.19. The van der Waals surface area contributed by atoms with Crippen molar-refractivity contribution in [3.8, 4) is 0 Å². The summed E-state index contributed by atoms with van der Waals surface area (Å²) < 4.78 is 10.1. The third-order valence-electron chi connectivity index (χ3n) is 2.20. The first kappa shape index (κ1) is 13.9. The van der Waals surface area contributed by atoms with Crippen molar-refractivity contribution in [2.75, 3.05) is 6.61 Å². The van der Waals surface area contributed by atoms with Crippen molar-refractivity contribution in [1.82, 2.24) is 0 Å². The van der Waals surface area contributed by atoms with Crippen LogP contribution in [0.4, 0.5) is 0 Å². The van der Waals surface area contributed by atoms with E-state index in [2.05, 4.69) is 0 Å². The summed E-state index contributed by atoms with van der Waals surface area (Å²) in [7, 11) is 0. The highest BCUT2D eigenvalue weighted by atomic mass is 16.6. The zero-order valence-corrected chi connectivity index (χ0v) is 9.91. The van der Waals surface area contributed by atoms with Gasteiger partial charge in [0.05, 0.1) is 6.61 Å². The van der Waals surface area contributed by atoms with E-state index in [1.165, 1.54) is 0 Å². The summed E-state index contributed by atoms with van der Waals surface area (Å²) in [6, 6.07) is 0. The number of esters is 2. The number of rotatable bonds is 6. The van der Waals surface area contributed by atoms with E-state index in [0.29, 0.717) is 19.4 Å². The Bertz CT molecular complexity index is 213. The van der Waals surface area contributed by atoms with Crippen LogP contribution in [0.3, 0.4) is 0 Å². The van der Waals surface area contributed by atoms with Crippen molar-refractivity contribution in [3.63, 3.8) is 0 Å². The fourth-order valence-corrected chi connectivity index (χ4v) is 0.869. The van der Waals surface area contributed by atoms with Gasteiger partial charge in [-0.05, 0) is 6.92 Å². The van der Waals surface area contributed by atoms with Gasteiger partial charge in [0.1, 0.15) is 6.10 Å². The molecule has 0 saturated heterocycles. The van der Waals surface area contributed by atoms with E-state index in [-0.39, 0.29) is 24.0 Å². The van der Waals surface area contributed by atoms with Gasteiger partial charge < -0.3 is 9.47 Å². The first-order valence-corrected chi connectivity index (χ1v) is 5.36. The monoisotopic (exact) mass is 216 g/mol. The minimum Gasteiger partial charge on any atom is -0.465 e. The SMILES string of the molecule is CCC(=O)OCC(C)C(C)OC(=O)CC. The fourth-order valence-electron chi connectivity index (χ4n) is 0.869. The molecule has 0 aromatic rings. The van der Waals surface area contributed by atoms with Gasteiger partial charge in [-0.3, -0.25) is 9.59 Å². The van der Waals surface area contributed by atoms with Gasteiger partial charge in [0.2, 0.25) is 0 Å². The molecule has 0 aliphatic rings. The molecule has 2 unspecified atom stereocenters. The standard InChI is InChI=1S/C11H20O4/c1-5-10(12)14-7-8(3)9(4)15-11(13)6-2/h8-9H,5-7H2,1-4H3. The normalized spacial score (nSPS) is 14.1. The van der Waals surface area contributed by atoms with Crippen LogP contribution in [0.2, 0.25) is 0 Å². The lowest BCUT2D eigenvalue weighted by atomic mass is 10.1.